The number of likely N-dealkylation sites (tertiary alicyclic amines) is 1. The van der Waals surface area contributed by atoms with Crippen molar-refractivity contribution < 1.29 is 0 Å². The molecule has 1 aromatic heterocycles. The molecule has 2 aromatic rings. The van der Waals surface area contributed by atoms with Crippen molar-refractivity contribution in [3.05, 3.63) is 40.5 Å². The van der Waals surface area contributed by atoms with Crippen LogP contribution in [0.15, 0.2) is 34.9 Å². The first-order chi connectivity index (χ1) is 10.8. The van der Waals surface area contributed by atoms with Gasteiger partial charge in [0.05, 0.1) is 5.52 Å². The second-order valence-corrected chi connectivity index (χ2v) is 7.17. The molecule has 22 heavy (non-hydrogen) atoms. The number of rotatable bonds is 5. The number of piperidine rings is 1. The van der Waals surface area contributed by atoms with Crippen molar-refractivity contribution >= 4 is 26.8 Å². The Balaban J connectivity index is 1.67. The minimum atomic E-state index is 0.890. The third-order valence-electron chi connectivity index (χ3n) is 4.65. The summed E-state index contributed by atoms with van der Waals surface area (Å²) in [5, 5.41) is 4.48. The predicted octanol–water partition coefficient (Wildman–Crippen LogP) is 3.82. The van der Waals surface area contributed by atoms with Crippen molar-refractivity contribution in [3.8, 4) is 0 Å². The highest BCUT2D eigenvalue weighted by Gasteiger charge is 2.19. The highest BCUT2D eigenvalue weighted by molar-refractivity contribution is 9.10. The van der Waals surface area contributed by atoms with Crippen LogP contribution in [0.1, 0.15) is 24.8 Å². The highest BCUT2D eigenvalue weighted by Crippen LogP contribution is 2.26. The Morgan fingerprint density at radius 2 is 2.14 bits per heavy atom. The summed E-state index contributed by atoms with van der Waals surface area (Å²) in [6, 6.07) is 8.52. The molecule has 0 spiro atoms. The number of nitrogens with one attached hydrogen (secondary N) is 1. The zero-order valence-electron chi connectivity index (χ0n) is 13.2. The van der Waals surface area contributed by atoms with Gasteiger partial charge in [-0.25, -0.2) is 0 Å². The molecule has 0 amide bonds. The first kappa shape index (κ1) is 15.9. The molecular weight excluding hydrogens is 338 g/mol. The van der Waals surface area contributed by atoms with Crippen LogP contribution in [0.2, 0.25) is 0 Å². The number of halogens is 1. The van der Waals surface area contributed by atoms with E-state index in [0.717, 1.165) is 29.0 Å². The Kier molecular flexibility index (Phi) is 5.45. The van der Waals surface area contributed by atoms with Crippen molar-refractivity contribution in [1.82, 2.24) is 15.2 Å². The average Bonchev–Trinajstić information content (AvgIpc) is 2.54. The largest absolute Gasteiger partial charge is 0.320 e. The molecule has 1 aliphatic heterocycles. The van der Waals surface area contributed by atoms with Gasteiger partial charge in [-0.05, 0) is 75.6 Å². The number of hydrogen-bond donors (Lipinski definition) is 1. The summed E-state index contributed by atoms with van der Waals surface area (Å²) in [6.07, 6.45) is 5.84. The van der Waals surface area contributed by atoms with Gasteiger partial charge in [0.25, 0.3) is 0 Å². The topological polar surface area (TPSA) is 28.2 Å². The first-order valence-electron chi connectivity index (χ1n) is 8.16. The Morgan fingerprint density at radius 1 is 1.32 bits per heavy atom. The molecule has 118 valence electrons. The van der Waals surface area contributed by atoms with Crippen LogP contribution in [0.4, 0.5) is 0 Å². The minimum absolute atomic E-state index is 0.890. The Morgan fingerprint density at radius 3 is 2.91 bits per heavy atom. The van der Waals surface area contributed by atoms with E-state index in [-0.39, 0.29) is 0 Å². The van der Waals surface area contributed by atoms with Crippen LogP contribution in [0, 0.1) is 5.92 Å². The second-order valence-electron chi connectivity index (χ2n) is 6.25. The van der Waals surface area contributed by atoms with Crippen LogP contribution in [0.3, 0.4) is 0 Å². The van der Waals surface area contributed by atoms with E-state index in [1.54, 1.807) is 0 Å². The smallest absolute Gasteiger partial charge is 0.0747 e. The maximum atomic E-state index is 4.59. The molecule has 2 heterocycles. The van der Waals surface area contributed by atoms with Crippen molar-refractivity contribution in [2.75, 3.05) is 26.7 Å². The number of pyridine rings is 1. The van der Waals surface area contributed by atoms with Gasteiger partial charge >= 0.3 is 0 Å². The molecule has 1 aromatic carbocycles. The fourth-order valence-corrected chi connectivity index (χ4v) is 3.89. The molecule has 1 aliphatic rings. The molecule has 0 bridgehead atoms. The summed E-state index contributed by atoms with van der Waals surface area (Å²) in [6.45, 7) is 4.56. The molecule has 0 aliphatic carbocycles. The number of fused-ring (bicyclic) bond motifs is 1. The number of benzene rings is 1. The molecule has 1 N–H and O–H groups in total. The van der Waals surface area contributed by atoms with Gasteiger partial charge in [-0.1, -0.05) is 22.0 Å². The van der Waals surface area contributed by atoms with Gasteiger partial charge in [0.1, 0.15) is 0 Å². The van der Waals surface area contributed by atoms with Gasteiger partial charge in [0, 0.05) is 22.6 Å². The average molecular weight is 362 g/mol. The van der Waals surface area contributed by atoms with E-state index in [2.05, 4.69) is 49.3 Å². The lowest BCUT2D eigenvalue weighted by atomic mass is 9.93. The summed E-state index contributed by atoms with van der Waals surface area (Å²) in [7, 11) is 2.04. The van der Waals surface area contributed by atoms with Gasteiger partial charge in [0.15, 0.2) is 0 Å². The van der Waals surface area contributed by atoms with Crippen LogP contribution < -0.4 is 5.32 Å². The van der Waals surface area contributed by atoms with Crippen molar-refractivity contribution in [2.24, 2.45) is 5.92 Å². The van der Waals surface area contributed by atoms with E-state index in [4.69, 9.17) is 0 Å². The van der Waals surface area contributed by atoms with Gasteiger partial charge in [-0.2, -0.15) is 0 Å². The summed E-state index contributed by atoms with van der Waals surface area (Å²) >= 11 is 3.63. The fraction of sp³-hybridized carbons (Fsp3) is 0.500. The van der Waals surface area contributed by atoms with E-state index in [1.807, 2.05) is 19.3 Å². The van der Waals surface area contributed by atoms with Gasteiger partial charge in [-0.15, -0.1) is 0 Å². The Hall–Kier alpha value is -0.970. The lowest BCUT2D eigenvalue weighted by molar-refractivity contribution is 0.173. The van der Waals surface area contributed by atoms with Crippen LogP contribution in [0.25, 0.3) is 10.9 Å². The fourth-order valence-electron chi connectivity index (χ4n) is 3.37. The number of nitrogens with zero attached hydrogens (tertiary/aromatic N) is 2. The normalized spacial score (nSPS) is 17.2. The summed E-state index contributed by atoms with van der Waals surface area (Å²) in [5.41, 5.74) is 2.47. The monoisotopic (exact) mass is 361 g/mol. The van der Waals surface area contributed by atoms with E-state index < -0.39 is 0 Å². The molecular formula is C18H24BrN3. The zero-order valence-corrected chi connectivity index (χ0v) is 14.8. The van der Waals surface area contributed by atoms with Gasteiger partial charge < -0.3 is 5.32 Å². The van der Waals surface area contributed by atoms with Crippen LogP contribution in [0.5, 0.6) is 0 Å². The molecule has 0 radical (unpaired) electrons. The quantitative estimate of drug-likeness (QED) is 0.877. The number of hydrogen-bond acceptors (Lipinski definition) is 3. The molecule has 0 atom stereocenters. The van der Waals surface area contributed by atoms with Crippen LogP contribution in [-0.4, -0.2) is 36.6 Å². The van der Waals surface area contributed by atoms with E-state index in [0.29, 0.717) is 0 Å². The van der Waals surface area contributed by atoms with Crippen molar-refractivity contribution in [2.45, 2.75) is 25.8 Å². The van der Waals surface area contributed by atoms with Crippen molar-refractivity contribution in [1.29, 1.82) is 0 Å². The SMILES string of the molecule is CNCCC1CCN(Cc2cc(Br)cc3cccnc23)CC1. The standard InChI is InChI=1S/C18H24BrN3/c1-20-8-4-14-5-9-22(10-6-14)13-16-12-17(19)11-15-3-2-7-21-18(15)16/h2-3,7,11-12,14,20H,4-6,8-10,13H2,1H3. The van der Waals surface area contributed by atoms with E-state index >= 15 is 0 Å². The van der Waals surface area contributed by atoms with Gasteiger partial charge in [0.2, 0.25) is 0 Å². The zero-order chi connectivity index (χ0) is 15.4. The van der Waals surface area contributed by atoms with E-state index in [1.165, 1.54) is 43.3 Å². The van der Waals surface area contributed by atoms with Crippen LogP contribution >= 0.6 is 15.9 Å². The van der Waals surface area contributed by atoms with Gasteiger partial charge in [-0.3, -0.25) is 9.88 Å². The Labute approximate surface area is 141 Å². The Bertz CT molecular complexity index is 621. The molecule has 0 saturated carbocycles. The maximum Gasteiger partial charge on any atom is 0.0747 e. The molecule has 3 nitrogen and oxygen atoms in total. The summed E-state index contributed by atoms with van der Waals surface area (Å²) < 4.78 is 1.15. The second kappa shape index (κ2) is 7.53. The minimum Gasteiger partial charge on any atom is -0.320 e. The molecule has 3 rings (SSSR count). The third-order valence-corrected chi connectivity index (χ3v) is 5.11. The number of aromatic nitrogens is 1. The highest BCUT2D eigenvalue weighted by atomic mass is 79.9. The van der Waals surface area contributed by atoms with Crippen LogP contribution in [-0.2, 0) is 6.54 Å². The first-order valence-corrected chi connectivity index (χ1v) is 8.95. The van der Waals surface area contributed by atoms with E-state index in [9.17, 15) is 0 Å². The predicted molar refractivity (Wildman–Crippen MR) is 96.0 cm³/mol. The summed E-state index contributed by atoms with van der Waals surface area (Å²) in [5.74, 6) is 0.890. The molecule has 1 fully saturated rings. The third kappa shape index (κ3) is 3.86. The lowest BCUT2D eigenvalue weighted by Gasteiger charge is -2.32. The summed E-state index contributed by atoms with van der Waals surface area (Å²) in [4.78, 5) is 7.16. The molecule has 4 heteroatoms. The van der Waals surface area contributed by atoms with Crippen molar-refractivity contribution in [3.63, 3.8) is 0 Å². The molecule has 0 unspecified atom stereocenters. The maximum absolute atomic E-state index is 4.59. The lowest BCUT2D eigenvalue weighted by Crippen LogP contribution is -2.34. The molecule has 1 saturated heterocycles.